The van der Waals surface area contributed by atoms with Gasteiger partial charge in [-0.25, -0.2) is 8.42 Å². The molecule has 1 amide bonds. The van der Waals surface area contributed by atoms with Crippen LogP contribution >= 0.6 is 0 Å². The number of carbonyl (C=O) groups is 1. The van der Waals surface area contributed by atoms with E-state index in [4.69, 9.17) is 0 Å². The van der Waals surface area contributed by atoms with E-state index in [1.54, 1.807) is 0 Å². The van der Waals surface area contributed by atoms with Crippen LogP contribution in [0.25, 0.3) is 0 Å². The molecule has 1 aliphatic rings. The molecule has 1 heterocycles. The summed E-state index contributed by atoms with van der Waals surface area (Å²) in [4.78, 5) is 16.4. The molecule has 1 saturated heterocycles. The Morgan fingerprint density at radius 2 is 1.62 bits per heavy atom. The summed E-state index contributed by atoms with van der Waals surface area (Å²) in [7, 11) is -1.41. The Labute approximate surface area is 157 Å². The average Bonchev–Trinajstić information content (AvgIpc) is 2.54. The van der Waals surface area contributed by atoms with E-state index in [1.807, 2.05) is 36.2 Å². The molecule has 1 aromatic carbocycles. The minimum absolute atomic E-state index is 0.00579. The third-order valence-electron chi connectivity index (χ3n) is 4.81. The van der Waals surface area contributed by atoms with Crippen LogP contribution in [0.2, 0.25) is 0 Å². The lowest BCUT2D eigenvalue weighted by atomic mass is 9.87. The van der Waals surface area contributed by atoms with E-state index in [-0.39, 0.29) is 24.3 Å². The molecule has 0 aromatic heterocycles. The van der Waals surface area contributed by atoms with Crippen molar-refractivity contribution >= 4 is 21.6 Å². The minimum Gasteiger partial charge on any atom is -0.340 e. The standard InChI is InChI=1S/C19H31N3O3S/c1-19(2,3)16-6-8-17(9-7-16)22(26(5,24)25)11-10-18(23)21-14-12-20(4)13-15-21/h6-9H,10-15H2,1-5H3. The molecule has 146 valence electrons. The Kier molecular flexibility index (Phi) is 6.34. The van der Waals surface area contributed by atoms with Crippen LogP contribution in [0.4, 0.5) is 5.69 Å². The number of rotatable bonds is 5. The number of benzene rings is 1. The summed E-state index contributed by atoms with van der Waals surface area (Å²) < 4.78 is 25.8. The summed E-state index contributed by atoms with van der Waals surface area (Å²) >= 11 is 0. The second-order valence-electron chi connectivity index (χ2n) is 8.07. The third kappa shape index (κ3) is 5.45. The lowest BCUT2D eigenvalue weighted by Crippen LogP contribution is -2.48. The molecule has 1 aromatic rings. The molecule has 2 rings (SSSR count). The Morgan fingerprint density at radius 3 is 2.08 bits per heavy atom. The predicted octanol–water partition coefficient (Wildman–Crippen LogP) is 1.91. The van der Waals surface area contributed by atoms with Crippen LogP contribution in [0.1, 0.15) is 32.8 Å². The molecule has 0 atom stereocenters. The van der Waals surface area contributed by atoms with Gasteiger partial charge in [0.1, 0.15) is 0 Å². The Hall–Kier alpha value is -1.60. The largest absolute Gasteiger partial charge is 0.340 e. The van der Waals surface area contributed by atoms with Gasteiger partial charge in [-0.1, -0.05) is 32.9 Å². The number of carbonyl (C=O) groups excluding carboxylic acids is 1. The number of amides is 1. The molecule has 0 N–H and O–H groups in total. The lowest BCUT2D eigenvalue weighted by Gasteiger charge is -2.33. The highest BCUT2D eigenvalue weighted by Crippen LogP contribution is 2.26. The van der Waals surface area contributed by atoms with E-state index in [2.05, 4.69) is 25.7 Å². The monoisotopic (exact) mass is 381 g/mol. The van der Waals surface area contributed by atoms with Gasteiger partial charge in [0.05, 0.1) is 11.9 Å². The number of piperazine rings is 1. The van der Waals surface area contributed by atoms with Crippen molar-refractivity contribution < 1.29 is 13.2 Å². The molecule has 0 aliphatic carbocycles. The molecule has 0 radical (unpaired) electrons. The van der Waals surface area contributed by atoms with Gasteiger partial charge in [-0.3, -0.25) is 9.10 Å². The smallest absolute Gasteiger partial charge is 0.232 e. The zero-order chi connectivity index (χ0) is 19.5. The van der Waals surface area contributed by atoms with Crippen LogP contribution in [-0.4, -0.2) is 70.2 Å². The summed E-state index contributed by atoms with van der Waals surface area (Å²) in [6.07, 6.45) is 1.38. The SMILES string of the molecule is CN1CCN(C(=O)CCN(c2ccc(C(C)(C)C)cc2)S(C)(=O)=O)CC1. The topological polar surface area (TPSA) is 60.9 Å². The number of nitrogens with zero attached hydrogens (tertiary/aromatic N) is 3. The van der Waals surface area contributed by atoms with E-state index < -0.39 is 10.0 Å². The van der Waals surface area contributed by atoms with Gasteiger partial charge in [0.15, 0.2) is 0 Å². The van der Waals surface area contributed by atoms with Crippen LogP contribution in [0, 0.1) is 0 Å². The summed E-state index contributed by atoms with van der Waals surface area (Å²) in [5, 5.41) is 0. The van der Waals surface area contributed by atoms with Gasteiger partial charge in [-0.05, 0) is 30.2 Å². The van der Waals surface area contributed by atoms with Gasteiger partial charge >= 0.3 is 0 Å². The number of sulfonamides is 1. The normalized spacial score (nSPS) is 16.6. The molecular formula is C19H31N3O3S. The van der Waals surface area contributed by atoms with Crippen LogP contribution in [0.3, 0.4) is 0 Å². The molecule has 1 aliphatic heterocycles. The molecule has 0 saturated carbocycles. The molecule has 0 spiro atoms. The highest BCUT2D eigenvalue weighted by atomic mass is 32.2. The third-order valence-corrected chi connectivity index (χ3v) is 6.00. The van der Waals surface area contributed by atoms with Crippen LogP contribution in [0.5, 0.6) is 0 Å². The molecule has 1 fully saturated rings. The molecule has 0 unspecified atom stereocenters. The first-order chi connectivity index (χ1) is 12.0. The molecular weight excluding hydrogens is 350 g/mol. The first-order valence-corrected chi connectivity index (χ1v) is 10.9. The van der Waals surface area contributed by atoms with Crippen molar-refractivity contribution in [1.29, 1.82) is 0 Å². The van der Waals surface area contributed by atoms with Gasteiger partial charge in [0.25, 0.3) is 0 Å². The maximum absolute atomic E-state index is 12.4. The predicted molar refractivity (Wildman–Crippen MR) is 106 cm³/mol. The van der Waals surface area contributed by atoms with Crippen molar-refractivity contribution in [3.8, 4) is 0 Å². The van der Waals surface area contributed by atoms with Crippen molar-refractivity contribution in [1.82, 2.24) is 9.80 Å². The fraction of sp³-hybridized carbons (Fsp3) is 0.632. The Morgan fingerprint density at radius 1 is 1.08 bits per heavy atom. The van der Waals surface area contributed by atoms with Crippen LogP contribution in [-0.2, 0) is 20.2 Å². The average molecular weight is 382 g/mol. The first kappa shape index (κ1) is 20.7. The molecule has 0 bridgehead atoms. The summed E-state index contributed by atoms with van der Waals surface area (Å²) in [6.45, 7) is 9.63. The second-order valence-corrected chi connectivity index (χ2v) is 9.97. The van der Waals surface area contributed by atoms with E-state index in [0.717, 1.165) is 18.7 Å². The minimum atomic E-state index is -3.45. The van der Waals surface area contributed by atoms with Gasteiger partial charge in [-0.15, -0.1) is 0 Å². The summed E-state index contributed by atoms with van der Waals surface area (Å²) in [5.41, 5.74) is 1.75. The summed E-state index contributed by atoms with van der Waals surface area (Å²) in [5.74, 6) is 0.0121. The quantitative estimate of drug-likeness (QED) is 0.782. The number of likely N-dealkylation sites (N-methyl/N-ethyl adjacent to an activating group) is 1. The van der Waals surface area contributed by atoms with E-state index in [9.17, 15) is 13.2 Å². The van der Waals surface area contributed by atoms with Crippen molar-refractivity contribution in [3.05, 3.63) is 29.8 Å². The van der Waals surface area contributed by atoms with Crippen molar-refractivity contribution in [2.24, 2.45) is 0 Å². The van der Waals surface area contributed by atoms with Crippen molar-refractivity contribution in [3.63, 3.8) is 0 Å². The lowest BCUT2D eigenvalue weighted by molar-refractivity contribution is -0.132. The highest BCUT2D eigenvalue weighted by molar-refractivity contribution is 7.92. The Balaban J connectivity index is 2.07. The number of hydrogen-bond acceptors (Lipinski definition) is 4. The van der Waals surface area contributed by atoms with Gasteiger partial charge in [-0.2, -0.15) is 0 Å². The zero-order valence-corrected chi connectivity index (χ0v) is 17.3. The van der Waals surface area contributed by atoms with Gasteiger partial charge in [0, 0.05) is 39.1 Å². The van der Waals surface area contributed by atoms with E-state index >= 15 is 0 Å². The van der Waals surface area contributed by atoms with Gasteiger partial charge < -0.3 is 9.80 Å². The first-order valence-electron chi connectivity index (χ1n) is 9.03. The molecule has 6 nitrogen and oxygen atoms in total. The zero-order valence-electron chi connectivity index (χ0n) is 16.5. The van der Waals surface area contributed by atoms with Crippen molar-refractivity contribution in [2.45, 2.75) is 32.6 Å². The fourth-order valence-corrected chi connectivity index (χ4v) is 3.95. The summed E-state index contributed by atoms with van der Waals surface area (Å²) in [6, 6.07) is 7.55. The number of anilines is 1. The van der Waals surface area contributed by atoms with Crippen LogP contribution in [0.15, 0.2) is 24.3 Å². The fourth-order valence-electron chi connectivity index (χ4n) is 3.03. The molecule has 7 heteroatoms. The second kappa shape index (κ2) is 7.96. The van der Waals surface area contributed by atoms with Crippen LogP contribution < -0.4 is 4.31 Å². The maximum Gasteiger partial charge on any atom is 0.232 e. The van der Waals surface area contributed by atoms with Gasteiger partial charge in [0.2, 0.25) is 15.9 Å². The van der Waals surface area contributed by atoms with E-state index in [1.165, 1.54) is 10.6 Å². The van der Waals surface area contributed by atoms with E-state index in [0.29, 0.717) is 18.8 Å². The highest BCUT2D eigenvalue weighted by Gasteiger charge is 2.23. The maximum atomic E-state index is 12.4. The molecule has 26 heavy (non-hydrogen) atoms. The Bertz CT molecular complexity index is 715. The number of hydrogen-bond donors (Lipinski definition) is 0. The van der Waals surface area contributed by atoms with Crippen molar-refractivity contribution in [2.75, 3.05) is 50.3 Å².